The molecule has 0 radical (unpaired) electrons. The van der Waals surface area contributed by atoms with Crippen LogP contribution in [0.25, 0.3) is 0 Å². The van der Waals surface area contributed by atoms with Crippen LogP contribution in [-0.4, -0.2) is 25.5 Å². The summed E-state index contributed by atoms with van der Waals surface area (Å²) in [6.45, 7) is 4.76. The zero-order valence-corrected chi connectivity index (χ0v) is 12.5. The van der Waals surface area contributed by atoms with Crippen LogP contribution in [0.3, 0.4) is 0 Å². The van der Waals surface area contributed by atoms with Crippen LogP contribution in [0.1, 0.15) is 49.7 Å². The van der Waals surface area contributed by atoms with Gasteiger partial charge in [-0.15, -0.1) is 0 Å². The molecule has 0 heterocycles. The highest BCUT2D eigenvalue weighted by atomic mass is 16.1. The number of amides is 1. The Morgan fingerprint density at radius 2 is 2.10 bits per heavy atom. The number of nitrogens with one attached hydrogen (secondary N) is 2. The fourth-order valence-electron chi connectivity index (χ4n) is 2.95. The molecular weight excluding hydrogens is 248 g/mol. The van der Waals surface area contributed by atoms with Crippen molar-refractivity contribution in [2.45, 2.75) is 44.9 Å². The molecule has 1 aliphatic carbocycles. The first-order valence-electron chi connectivity index (χ1n) is 7.86. The molecule has 1 aliphatic rings. The predicted molar refractivity (Wildman–Crippen MR) is 82.9 cm³/mol. The lowest BCUT2D eigenvalue weighted by molar-refractivity contribution is -0.121. The smallest absolute Gasteiger partial charge is 0.220 e. The molecule has 20 heavy (non-hydrogen) atoms. The summed E-state index contributed by atoms with van der Waals surface area (Å²) in [6.07, 6.45) is 5.26. The number of fused-ring (bicyclic) bond motifs is 1. The standard InChI is InChI=1S/C17H26N2O/c1-2-10-18-11-12-19-17(20)13-15-8-5-7-14-6-3-4-9-16(14)15/h3-4,6,9,15,18H,2,5,7-8,10-13H2,1H3,(H,19,20). The first kappa shape index (κ1) is 15.0. The Morgan fingerprint density at radius 1 is 1.25 bits per heavy atom. The Hall–Kier alpha value is -1.35. The summed E-state index contributed by atoms with van der Waals surface area (Å²) in [6, 6.07) is 8.58. The van der Waals surface area contributed by atoms with Crippen LogP contribution >= 0.6 is 0 Å². The molecule has 0 aromatic heterocycles. The minimum atomic E-state index is 0.185. The van der Waals surface area contributed by atoms with Gasteiger partial charge >= 0.3 is 0 Å². The average molecular weight is 274 g/mol. The summed E-state index contributed by atoms with van der Waals surface area (Å²) in [7, 11) is 0. The molecule has 1 amide bonds. The summed E-state index contributed by atoms with van der Waals surface area (Å²) in [5, 5.41) is 6.31. The SMILES string of the molecule is CCCNCCNC(=O)CC1CCCc2ccccc21. The van der Waals surface area contributed by atoms with Gasteiger partial charge in [0.25, 0.3) is 0 Å². The Morgan fingerprint density at radius 3 is 2.95 bits per heavy atom. The van der Waals surface area contributed by atoms with Crippen LogP contribution in [0.4, 0.5) is 0 Å². The van der Waals surface area contributed by atoms with Gasteiger partial charge in [-0.1, -0.05) is 31.2 Å². The van der Waals surface area contributed by atoms with E-state index in [1.807, 2.05) is 0 Å². The largest absolute Gasteiger partial charge is 0.355 e. The fourth-order valence-corrected chi connectivity index (χ4v) is 2.95. The lowest BCUT2D eigenvalue weighted by Crippen LogP contribution is -2.33. The van der Waals surface area contributed by atoms with Crippen LogP contribution in [0, 0.1) is 0 Å². The molecule has 110 valence electrons. The summed E-state index contributed by atoms with van der Waals surface area (Å²) >= 11 is 0. The van der Waals surface area contributed by atoms with Gasteiger partial charge in [-0.2, -0.15) is 0 Å². The third kappa shape index (κ3) is 4.34. The second-order valence-electron chi connectivity index (χ2n) is 5.59. The Balaban J connectivity index is 1.78. The van der Waals surface area contributed by atoms with Crippen LogP contribution in [0.5, 0.6) is 0 Å². The van der Waals surface area contributed by atoms with Crippen molar-refractivity contribution in [3.05, 3.63) is 35.4 Å². The fraction of sp³-hybridized carbons (Fsp3) is 0.588. The molecule has 3 nitrogen and oxygen atoms in total. The molecule has 1 aromatic rings. The van der Waals surface area contributed by atoms with Crippen molar-refractivity contribution in [1.29, 1.82) is 0 Å². The van der Waals surface area contributed by atoms with Crippen molar-refractivity contribution < 1.29 is 4.79 Å². The monoisotopic (exact) mass is 274 g/mol. The van der Waals surface area contributed by atoms with Gasteiger partial charge in [0.2, 0.25) is 5.91 Å². The first-order chi connectivity index (χ1) is 9.81. The highest BCUT2D eigenvalue weighted by Crippen LogP contribution is 2.33. The molecule has 2 N–H and O–H groups in total. The molecule has 0 bridgehead atoms. The lowest BCUT2D eigenvalue weighted by Gasteiger charge is -2.25. The highest BCUT2D eigenvalue weighted by Gasteiger charge is 2.21. The lowest BCUT2D eigenvalue weighted by atomic mass is 9.81. The first-order valence-corrected chi connectivity index (χ1v) is 7.86. The number of hydrogen-bond acceptors (Lipinski definition) is 2. The van der Waals surface area contributed by atoms with Crippen molar-refractivity contribution in [3.63, 3.8) is 0 Å². The molecule has 1 unspecified atom stereocenters. The van der Waals surface area contributed by atoms with Gasteiger partial charge in [0.1, 0.15) is 0 Å². The van der Waals surface area contributed by atoms with E-state index < -0.39 is 0 Å². The van der Waals surface area contributed by atoms with Gasteiger partial charge < -0.3 is 10.6 Å². The minimum absolute atomic E-state index is 0.185. The van der Waals surface area contributed by atoms with Crippen LogP contribution in [0.2, 0.25) is 0 Å². The van der Waals surface area contributed by atoms with Gasteiger partial charge in [0.05, 0.1) is 0 Å². The second kappa shape index (κ2) is 8.05. The molecule has 0 aliphatic heterocycles. The summed E-state index contributed by atoms with van der Waals surface area (Å²) in [4.78, 5) is 12.0. The van der Waals surface area contributed by atoms with Gasteiger partial charge in [-0.05, 0) is 49.3 Å². The third-order valence-corrected chi connectivity index (χ3v) is 3.98. The Bertz CT molecular complexity index is 431. The highest BCUT2D eigenvalue weighted by molar-refractivity contribution is 5.77. The molecule has 0 saturated heterocycles. The number of carbonyl (C=O) groups is 1. The zero-order chi connectivity index (χ0) is 14.2. The molecule has 0 saturated carbocycles. The number of rotatable bonds is 7. The molecule has 0 fully saturated rings. The quantitative estimate of drug-likeness (QED) is 0.750. The van der Waals surface area contributed by atoms with Crippen molar-refractivity contribution in [3.8, 4) is 0 Å². The van der Waals surface area contributed by atoms with Gasteiger partial charge in [-0.25, -0.2) is 0 Å². The molecule has 3 heteroatoms. The van der Waals surface area contributed by atoms with Crippen LogP contribution in [-0.2, 0) is 11.2 Å². The van der Waals surface area contributed by atoms with Crippen molar-refractivity contribution >= 4 is 5.91 Å². The summed E-state index contributed by atoms with van der Waals surface area (Å²) in [5.74, 6) is 0.591. The topological polar surface area (TPSA) is 41.1 Å². The number of hydrogen-bond donors (Lipinski definition) is 2. The Labute approximate surface area is 122 Å². The van der Waals surface area contributed by atoms with Gasteiger partial charge in [-0.3, -0.25) is 4.79 Å². The van der Waals surface area contributed by atoms with Crippen molar-refractivity contribution in [2.24, 2.45) is 0 Å². The van der Waals surface area contributed by atoms with Crippen LogP contribution < -0.4 is 10.6 Å². The third-order valence-electron chi connectivity index (χ3n) is 3.98. The van der Waals surface area contributed by atoms with E-state index in [4.69, 9.17) is 0 Å². The van der Waals surface area contributed by atoms with E-state index in [1.54, 1.807) is 0 Å². The normalized spacial score (nSPS) is 17.6. The summed E-state index contributed by atoms with van der Waals surface area (Å²) in [5.41, 5.74) is 2.82. The molecule has 0 spiro atoms. The average Bonchev–Trinajstić information content (AvgIpc) is 2.47. The minimum Gasteiger partial charge on any atom is -0.355 e. The predicted octanol–water partition coefficient (Wildman–Crippen LogP) is 2.61. The van der Waals surface area contributed by atoms with E-state index in [0.29, 0.717) is 12.3 Å². The molecule has 2 rings (SSSR count). The zero-order valence-electron chi connectivity index (χ0n) is 12.5. The Kier molecular flexibility index (Phi) is 6.06. The van der Waals surface area contributed by atoms with E-state index in [0.717, 1.165) is 38.9 Å². The second-order valence-corrected chi connectivity index (χ2v) is 5.59. The van der Waals surface area contributed by atoms with E-state index in [-0.39, 0.29) is 5.91 Å². The maximum atomic E-state index is 12.0. The summed E-state index contributed by atoms with van der Waals surface area (Å²) < 4.78 is 0. The molecule has 1 atom stereocenters. The molecule has 1 aromatic carbocycles. The van der Waals surface area contributed by atoms with E-state index in [2.05, 4.69) is 41.8 Å². The number of benzene rings is 1. The van der Waals surface area contributed by atoms with Crippen molar-refractivity contribution in [2.75, 3.05) is 19.6 Å². The maximum Gasteiger partial charge on any atom is 0.220 e. The van der Waals surface area contributed by atoms with Crippen molar-refractivity contribution in [1.82, 2.24) is 10.6 Å². The van der Waals surface area contributed by atoms with Crippen LogP contribution in [0.15, 0.2) is 24.3 Å². The van der Waals surface area contributed by atoms with Gasteiger partial charge in [0.15, 0.2) is 0 Å². The maximum absolute atomic E-state index is 12.0. The number of aryl methyl sites for hydroxylation is 1. The number of carbonyl (C=O) groups excluding carboxylic acids is 1. The van der Waals surface area contributed by atoms with E-state index in [1.165, 1.54) is 17.5 Å². The molecular formula is C17H26N2O. The van der Waals surface area contributed by atoms with E-state index in [9.17, 15) is 4.79 Å². The van der Waals surface area contributed by atoms with Gasteiger partial charge in [0, 0.05) is 19.5 Å². The van der Waals surface area contributed by atoms with E-state index >= 15 is 0 Å².